The Morgan fingerprint density at radius 1 is 1.19 bits per heavy atom. The van der Waals surface area contributed by atoms with Gasteiger partial charge in [-0.25, -0.2) is 0 Å². The highest BCUT2D eigenvalue weighted by atomic mass is 16.5. The summed E-state index contributed by atoms with van der Waals surface area (Å²) in [6.07, 6.45) is 0. The number of aryl methyl sites for hydroxylation is 3. The molecule has 0 aliphatic carbocycles. The summed E-state index contributed by atoms with van der Waals surface area (Å²) in [6.45, 7) is 11.0. The van der Waals surface area contributed by atoms with Crippen LogP contribution in [0.5, 0.6) is 5.75 Å². The van der Waals surface area contributed by atoms with Crippen molar-refractivity contribution in [2.75, 3.05) is 29.0 Å². The number of carbonyl (C=O) groups excluding carboxylic acids is 1. The van der Waals surface area contributed by atoms with E-state index in [2.05, 4.69) is 24.4 Å². The normalized spacial score (nSPS) is 15.2. The molecule has 0 aromatic heterocycles. The van der Waals surface area contributed by atoms with Crippen LogP contribution in [-0.4, -0.2) is 24.6 Å². The van der Waals surface area contributed by atoms with Crippen molar-refractivity contribution in [3.63, 3.8) is 0 Å². The molecule has 1 heterocycles. The lowest BCUT2D eigenvalue weighted by Crippen LogP contribution is -2.49. The second-order valence-corrected chi connectivity index (χ2v) is 7.77. The molecule has 1 amide bonds. The van der Waals surface area contributed by atoms with Crippen LogP contribution < -0.4 is 20.7 Å². The number of nitrogens with two attached hydrogens (primary N) is 1. The Labute approximate surface area is 155 Å². The Bertz CT molecular complexity index is 835. The van der Waals surface area contributed by atoms with Gasteiger partial charge in [0.2, 0.25) is 5.91 Å². The molecule has 0 saturated heterocycles. The van der Waals surface area contributed by atoms with Gasteiger partial charge in [0.05, 0.1) is 18.8 Å². The Balaban J connectivity index is 1.82. The molecule has 0 saturated carbocycles. The first-order valence-electron chi connectivity index (χ1n) is 8.86. The first-order valence-corrected chi connectivity index (χ1v) is 8.86. The van der Waals surface area contributed by atoms with Crippen LogP contribution in [0.4, 0.5) is 17.1 Å². The van der Waals surface area contributed by atoms with Crippen molar-refractivity contribution >= 4 is 23.0 Å². The smallest absolute Gasteiger partial charge is 0.243 e. The van der Waals surface area contributed by atoms with Gasteiger partial charge in [0.15, 0.2) is 0 Å². The van der Waals surface area contributed by atoms with Crippen LogP contribution in [-0.2, 0) is 4.79 Å². The van der Waals surface area contributed by atoms with Gasteiger partial charge < -0.3 is 20.7 Å². The fourth-order valence-electron chi connectivity index (χ4n) is 3.62. The van der Waals surface area contributed by atoms with Crippen LogP contribution in [0, 0.1) is 20.8 Å². The lowest BCUT2D eigenvalue weighted by atomic mass is 10.0. The topological polar surface area (TPSA) is 67.6 Å². The van der Waals surface area contributed by atoms with E-state index in [9.17, 15) is 4.79 Å². The number of nitrogen functional groups attached to an aromatic ring is 1. The maximum Gasteiger partial charge on any atom is 0.243 e. The van der Waals surface area contributed by atoms with Gasteiger partial charge in [-0.3, -0.25) is 4.79 Å². The zero-order valence-electron chi connectivity index (χ0n) is 16.1. The number of fused-ring (bicyclic) bond motifs is 1. The van der Waals surface area contributed by atoms with Crippen LogP contribution in [0.25, 0.3) is 0 Å². The first kappa shape index (κ1) is 18.1. The number of amides is 1. The van der Waals surface area contributed by atoms with Gasteiger partial charge in [-0.05, 0) is 57.9 Å². The van der Waals surface area contributed by atoms with E-state index in [4.69, 9.17) is 10.5 Å². The minimum atomic E-state index is -0.392. The summed E-state index contributed by atoms with van der Waals surface area (Å²) in [4.78, 5) is 14.8. The lowest BCUT2D eigenvalue weighted by Gasteiger charge is -2.40. The van der Waals surface area contributed by atoms with Crippen molar-refractivity contribution in [2.24, 2.45) is 0 Å². The Kier molecular flexibility index (Phi) is 4.57. The van der Waals surface area contributed by atoms with Crippen molar-refractivity contribution < 1.29 is 9.53 Å². The van der Waals surface area contributed by atoms with Crippen LogP contribution >= 0.6 is 0 Å². The monoisotopic (exact) mass is 353 g/mol. The van der Waals surface area contributed by atoms with E-state index in [1.165, 1.54) is 5.56 Å². The van der Waals surface area contributed by atoms with Crippen molar-refractivity contribution in [2.45, 2.75) is 40.2 Å². The van der Waals surface area contributed by atoms with Gasteiger partial charge in [-0.2, -0.15) is 0 Å². The fourth-order valence-corrected chi connectivity index (χ4v) is 3.62. The molecule has 0 bridgehead atoms. The van der Waals surface area contributed by atoms with Gasteiger partial charge in [-0.1, -0.05) is 17.7 Å². The molecule has 1 aliphatic heterocycles. The molecule has 2 aromatic carbocycles. The Morgan fingerprint density at radius 3 is 2.50 bits per heavy atom. The van der Waals surface area contributed by atoms with Gasteiger partial charge in [-0.15, -0.1) is 0 Å². The molecular weight excluding hydrogens is 326 g/mol. The zero-order chi connectivity index (χ0) is 19.1. The Hall–Kier alpha value is -2.69. The summed E-state index contributed by atoms with van der Waals surface area (Å²) in [7, 11) is 0. The van der Waals surface area contributed by atoms with Gasteiger partial charge in [0.1, 0.15) is 11.4 Å². The largest absolute Gasteiger partial charge is 0.484 e. The van der Waals surface area contributed by atoms with E-state index < -0.39 is 5.60 Å². The average Bonchev–Trinajstić information content (AvgIpc) is 2.49. The molecule has 3 N–H and O–H groups in total. The van der Waals surface area contributed by atoms with Gasteiger partial charge in [0.25, 0.3) is 0 Å². The summed E-state index contributed by atoms with van der Waals surface area (Å²) < 4.78 is 6.03. The highest BCUT2D eigenvalue weighted by Gasteiger charge is 2.32. The molecule has 26 heavy (non-hydrogen) atoms. The average molecular weight is 353 g/mol. The molecule has 138 valence electrons. The summed E-state index contributed by atoms with van der Waals surface area (Å²) >= 11 is 0. The Morgan fingerprint density at radius 2 is 1.85 bits per heavy atom. The molecule has 0 radical (unpaired) electrons. The number of benzene rings is 2. The molecule has 5 nitrogen and oxygen atoms in total. The highest BCUT2D eigenvalue weighted by molar-refractivity contribution is 5.96. The van der Waals surface area contributed by atoms with Crippen LogP contribution in [0.15, 0.2) is 30.3 Å². The molecule has 1 aliphatic rings. The van der Waals surface area contributed by atoms with Crippen LogP contribution in [0.2, 0.25) is 0 Å². The summed E-state index contributed by atoms with van der Waals surface area (Å²) in [5.41, 5.74) is 11.3. The predicted molar refractivity (Wildman–Crippen MR) is 107 cm³/mol. The SMILES string of the molecule is Cc1cc(C)c(NC(=O)CN2CC(C)(C)Oc3cc(N)ccc32)c(C)c1. The van der Waals surface area contributed by atoms with Gasteiger partial charge in [0, 0.05) is 17.4 Å². The van der Waals surface area contributed by atoms with Crippen molar-refractivity contribution in [3.8, 4) is 5.75 Å². The quantitative estimate of drug-likeness (QED) is 0.824. The first-order chi connectivity index (χ1) is 12.1. The second kappa shape index (κ2) is 6.56. The standard InChI is InChI=1S/C21H27N3O2/c1-13-8-14(2)20(15(3)9-13)23-19(25)11-24-12-21(4,5)26-18-10-16(22)6-7-17(18)24/h6-10H,11-12,22H2,1-5H3,(H,23,25). The third-order valence-electron chi connectivity index (χ3n) is 4.56. The van der Waals surface area contributed by atoms with E-state index in [0.717, 1.165) is 28.3 Å². The number of nitrogens with zero attached hydrogens (tertiary/aromatic N) is 1. The molecule has 3 rings (SSSR count). The maximum absolute atomic E-state index is 12.7. The van der Waals surface area contributed by atoms with Crippen molar-refractivity contribution in [1.82, 2.24) is 0 Å². The number of rotatable bonds is 3. The van der Waals surface area contributed by atoms with Crippen LogP contribution in [0.1, 0.15) is 30.5 Å². The van der Waals surface area contributed by atoms with Crippen LogP contribution in [0.3, 0.4) is 0 Å². The number of hydrogen-bond acceptors (Lipinski definition) is 4. The molecule has 5 heteroatoms. The van der Waals surface area contributed by atoms with E-state index in [0.29, 0.717) is 12.2 Å². The number of anilines is 3. The molecule has 0 fully saturated rings. The molecular formula is C21H27N3O2. The van der Waals surface area contributed by atoms with Crippen molar-refractivity contribution in [3.05, 3.63) is 47.0 Å². The third kappa shape index (κ3) is 3.77. The number of nitrogens with one attached hydrogen (secondary N) is 1. The summed E-state index contributed by atoms with van der Waals surface area (Å²) in [5, 5.41) is 3.08. The van der Waals surface area contributed by atoms with E-state index in [1.807, 2.05) is 50.8 Å². The number of carbonyl (C=O) groups is 1. The second-order valence-electron chi connectivity index (χ2n) is 7.77. The maximum atomic E-state index is 12.7. The highest BCUT2D eigenvalue weighted by Crippen LogP contribution is 2.38. The number of ether oxygens (including phenoxy) is 1. The van der Waals surface area contributed by atoms with Gasteiger partial charge >= 0.3 is 0 Å². The van der Waals surface area contributed by atoms with E-state index in [-0.39, 0.29) is 12.5 Å². The molecule has 0 unspecified atom stereocenters. The third-order valence-corrected chi connectivity index (χ3v) is 4.56. The predicted octanol–water partition coefficient (Wildman–Crippen LogP) is 3.81. The molecule has 0 spiro atoms. The minimum Gasteiger partial charge on any atom is -0.484 e. The fraction of sp³-hybridized carbons (Fsp3) is 0.381. The summed E-state index contributed by atoms with van der Waals surface area (Å²) in [5.74, 6) is 0.678. The molecule has 2 aromatic rings. The van der Waals surface area contributed by atoms with E-state index in [1.54, 1.807) is 0 Å². The lowest BCUT2D eigenvalue weighted by molar-refractivity contribution is -0.115. The minimum absolute atomic E-state index is 0.0412. The molecule has 0 atom stereocenters. The number of hydrogen-bond donors (Lipinski definition) is 2. The van der Waals surface area contributed by atoms with E-state index >= 15 is 0 Å². The summed E-state index contributed by atoms with van der Waals surface area (Å²) in [6, 6.07) is 9.72. The van der Waals surface area contributed by atoms with Crippen molar-refractivity contribution in [1.29, 1.82) is 0 Å². The zero-order valence-corrected chi connectivity index (χ0v) is 16.1.